The fourth-order valence-corrected chi connectivity index (χ4v) is 3.11. The molecule has 1 fully saturated rings. The van der Waals surface area contributed by atoms with E-state index in [-0.39, 0.29) is 10.6 Å². The van der Waals surface area contributed by atoms with Crippen molar-refractivity contribution in [1.82, 2.24) is 0 Å². The van der Waals surface area contributed by atoms with Gasteiger partial charge in [0.1, 0.15) is 0 Å². The smallest absolute Gasteiger partial charge is 0.155 e. The first-order valence-corrected chi connectivity index (χ1v) is 6.64. The van der Waals surface area contributed by atoms with Crippen molar-refractivity contribution in [2.75, 3.05) is 0 Å². The van der Waals surface area contributed by atoms with Gasteiger partial charge in [0.05, 0.1) is 9.50 Å². The van der Waals surface area contributed by atoms with Crippen molar-refractivity contribution in [1.29, 1.82) is 0 Å². The number of halogens is 3. The van der Waals surface area contributed by atoms with Crippen LogP contribution in [-0.4, -0.2) is 0 Å². The predicted molar refractivity (Wildman–Crippen MR) is 68.1 cm³/mol. The SMILES string of the molecule is NC1(c2cc(Cl)c(F)c(Br)c2)CCCCC1. The van der Waals surface area contributed by atoms with Gasteiger partial charge >= 0.3 is 0 Å². The maximum Gasteiger partial charge on any atom is 0.155 e. The quantitative estimate of drug-likeness (QED) is 0.767. The van der Waals surface area contributed by atoms with Crippen molar-refractivity contribution in [2.24, 2.45) is 5.73 Å². The van der Waals surface area contributed by atoms with Gasteiger partial charge in [0.2, 0.25) is 0 Å². The monoisotopic (exact) mass is 305 g/mol. The zero-order valence-corrected chi connectivity index (χ0v) is 11.2. The van der Waals surface area contributed by atoms with Gasteiger partial charge in [-0.3, -0.25) is 0 Å². The Morgan fingerprint density at radius 2 is 1.88 bits per heavy atom. The van der Waals surface area contributed by atoms with E-state index in [9.17, 15) is 4.39 Å². The van der Waals surface area contributed by atoms with Gasteiger partial charge in [0, 0.05) is 5.54 Å². The Morgan fingerprint density at radius 1 is 1.25 bits per heavy atom. The Kier molecular flexibility index (Phi) is 3.57. The summed E-state index contributed by atoms with van der Waals surface area (Å²) in [5.41, 5.74) is 6.97. The molecule has 1 aromatic rings. The molecule has 0 amide bonds. The molecule has 0 heterocycles. The van der Waals surface area contributed by atoms with Crippen molar-refractivity contribution >= 4 is 27.5 Å². The molecule has 0 radical (unpaired) electrons. The third kappa shape index (κ3) is 2.27. The van der Waals surface area contributed by atoms with Gasteiger partial charge in [-0.2, -0.15) is 0 Å². The van der Waals surface area contributed by atoms with Crippen LogP contribution in [0.5, 0.6) is 0 Å². The predicted octanol–water partition coefficient (Wildman–Crippen LogP) is 4.36. The Balaban J connectivity index is 2.39. The van der Waals surface area contributed by atoms with Gasteiger partial charge in [0.25, 0.3) is 0 Å². The van der Waals surface area contributed by atoms with E-state index in [1.807, 2.05) is 0 Å². The minimum Gasteiger partial charge on any atom is -0.321 e. The lowest BCUT2D eigenvalue weighted by molar-refractivity contribution is 0.302. The van der Waals surface area contributed by atoms with Crippen LogP contribution in [0.25, 0.3) is 0 Å². The average Bonchev–Trinajstić information content (AvgIpc) is 2.26. The molecule has 1 aliphatic rings. The van der Waals surface area contributed by atoms with Gasteiger partial charge in [-0.05, 0) is 46.5 Å². The van der Waals surface area contributed by atoms with E-state index in [1.165, 1.54) is 6.42 Å². The van der Waals surface area contributed by atoms with Crippen molar-refractivity contribution < 1.29 is 4.39 Å². The minimum absolute atomic E-state index is 0.139. The third-order valence-electron chi connectivity index (χ3n) is 3.30. The lowest BCUT2D eigenvalue weighted by atomic mass is 9.77. The van der Waals surface area contributed by atoms with E-state index in [4.69, 9.17) is 17.3 Å². The summed E-state index contributed by atoms with van der Waals surface area (Å²) in [6, 6.07) is 3.42. The largest absolute Gasteiger partial charge is 0.321 e. The van der Waals surface area contributed by atoms with E-state index in [0.717, 1.165) is 31.2 Å². The average molecular weight is 307 g/mol. The first-order valence-electron chi connectivity index (χ1n) is 5.47. The molecule has 0 atom stereocenters. The Morgan fingerprint density at radius 3 is 2.44 bits per heavy atom. The first kappa shape index (κ1) is 12.3. The van der Waals surface area contributed by atoms with Gasteiger partial charge in [0.15, 0.2) is 5.82 Å². The van der Waals surface area contributed by atoms with Crippen LogP contribution in [-0.2, 0) is 5.54 Å². The van der Waals surface area contributed by atoms with Crippen LogP contribution in [0.3, 0.4) is 0 Å². The second kappa shape index (κ2) is 4.63. The molecule has 0 spiro atoms. The zero-order valence-electron chi connectivity index (χ0n) is 8.90. The number of hydrogen-bond acceptors (Lipinski definition) is 1. The van der Waals surface area contributed by atoms with Crippen LogP contribution < -0.4 is 5.73 Å². The molecule has 4 heteroatoms. The van der Waals surface area contributed by atoms with Crippen molar-refractivity contribution in [3.8, 4) is 0 Å². The molecule has 0 saturated heterocycles. The van der Waals surface area contributed by atoms with Crippen LogP contribution in [0.2, 0.25) is 5.02 Å². The molecular formula is C12H14BrClFN. The second-order valence-corrected chi connectivity index (χ2v) is 5.73. The van der Waals surface area contributed by atoms with Crippen molar-refractivity contribution in [3.63, 3.8) is 0 Å². The molecule has 0 aliphatic heterocycles. The maximum atomic E-state index is 13.4. The van der Waals surface area contributed by atoms with E-state index in [0.29, 0.717) is 4.47 Å². The fourth-order valence-electron chi connectivity index (χ4n) is 2.31. The van der Waals surface area contributed by atoms with Crippen molar-refractivity contribution in [3.05, 3.63) is 33.0 Å². The Hall–Kier alpha value is -0.120. The lowest BCUT2D eigenvalue weighted by Gasteiger charge is -2.34. The molecule has 88 valence electrons. The molecule has 2 rings (SSSR count). The van der Waals surface area contributed by atoms with Crippen LogP contribution in [0.4, 0.5) is 4.39 Å². The van der Waals surface area contributed by atoms with E-state index in [1.54, 1.807) is 12.1 Å². The maximum absolute atomic E-state index is 13.4. The number of benzene rings is 1. The van der Waals surface area contributed by atoms with Crippen LogP contribution in [0.15, 0.2) is 16.6 Å². The van der Waals surface area contributed by atoms with E-state index in [2.05, 4.69) is 15.9 Å². The summed E-state index contributed by atoms with van der Waals surface area (Å²) in [5, 5.41) is 0.139. The Labute approximate surface area is 108 Å². The van der Waals surface area contributed by atoms with Crippen molar-refractivity contribution in [2.45, 2.75) is 37.6 Å². The summed E-state index contributed by atoms with van der Waals surface area (Å²) in [4.78, 5) is 0. The second-order valence-electron chi connectivity index (χ2n) is 4.47. The molecular weight excluding hydrogens is 292 g/mol. The Bertz CT molecular complexity index is 379. The fraction of sp³-hybridized carbons (Fsp3) is 0.500. The highest BCUT2D eigenvalue weighted by Gasteiger charge is 2.30. The first-order chi connectivity index (χ1) is 7.53. The molecule has 1 saturated carbocycles. The summed E-state index contributed by atoms with van der Waals surface area (Å²) in [7, 11) is 0. The number of rotatable bonds is 1. The molecule has 1 nitrogen and oxygen atoms in total. The topological polar surface area (TPSA) is 26.0 Å². The summed E-state index contributed by atoms with van der Waals surface area (Å²) >= 11 is 9.01. The minimum atomic E-state index is -0.412. The molecule has 0 aromatic heterocycles. The van der Waals surface area contributed by atoms with Crippen LogP contribution in [0, 0.1) is 5.82 Å². The van der Waals surface area contributed by atoms with Gasteiger partial charge < -0.3 is 5.73 Å². The van der Waals surface area contributed by atoms with Crippen LogP contribution in [0.1, 0.15) is 37.7 Å². The molecule has 2 N–H and O–H groups in total. The molecule has 0 bridgehead atoms. The zero-order chi connectivity index (χ0) is 11.8. The third-order valence-corrected chi connectivity index (χ3v) is 4.16. The number of nitrogens with two attached hydrogens (primary N) is 1. The molecule has 1 aromatic carbocycles. The lowest BCUT2D eigenvalue weighted by Crippen LogP contribution is -2.38. The standard InChI is InChI=1S/C12H14BrClFN/c13-9-6-8(7-10(14)11(9)15)12(16)4-2-1-3-5-12/h6-7H,1-5,16H2. The highest BCUT2D eigenvalue weighted by molar-refractivity contribution is 9.10. The highest BCUT2D eigenvalue weighted by atomic mass is 79.9. The summed E-state index contributed by atoms with van der Waals surface area (Å²) in [5.74, 6) is -0.412. The van der Waals surface area contributed by atoms with Gasteiger partial charge in [-0.1, -0.05) is 30.9 Å². The van der Waals surface area contributed by atoms with E-state index >= 15 is 0 Å². The molecule has 1 aliphatic carbocycles. The van der Waals surface area contributed by atoms with Crippen LogP contribution >= 0.6 is 27.5 Å². The molecule has 16 heavy (non-hydrogen) atoms. The number of hydrogen-bond donors (Lipinski definition) is 1. The summed E-state index contributed by atoms with van der Waals surface area (Å²) < 4.78 is 13.8. The van der Waals surface area contributed by atoms with Gasteiger partial charge in [-0.25, -0.2) is 4.39 Å². The summed E-state index contributed by atoms with van der Waals surface area (Å²) in [6.45, 7) is 0. The molecule has 0 unspecified atom stereocenters. The van der Waals surface area contributed by atoms with Gasteiger partial charge in [-0.15, -0.1) is 0 Å². The van der Waals surface area contributed by atoms with E-state index < -0.39 is 5.82 Å². The normalized spacial score (nSPS) is 19.8. The summed E-state index contributed by atoms with van der Waals surface area (Å²) in [6.07, 6.45) is 5.38. The highest BCUT2D eigenvalue weighted by Crippen LogP contribution is 2.38.